The number of aryl methyl sites for hydroxylation is 1. The minimum absolute atomic E-state index is 0.610. The molecule has 1 aromatic heterocycles. The van der Waals surface area contributed by atoms with Crippen LogP contribution in [-0.2, 0) is 6.54 Å². The Labute approximate surface area is 99.3 Å². The van der Waals surface area contributed by atoms with Crippen molar-refractivity contribution in [3.8, 4) is 0 Å². The van der Waals surface area contributed by atoms with Crippen LogP contribution in [0, 0.1) is 12.8 Å². The maximum atomic E-state index is 4.22. The molecule has 0 aliphatic rings. The first kappa shape index (κ1) is 13.2. The monoisotopic (exact) mass is 223 g/mol. The van der Waals surface area contributed by atoms with Gasteiger partial charge in [0.2, 0.25) is 0 Å². The van der Waals surface area contributed by atoms with Crippen LogP contribution < -0.4 is 5.32 Å². The summed E-state index contributed by atoms with van der Waals surface area (Å²) in [6.45, 7) is 10.9. The van der Waals surface area contributed by atoms with Gasteiger partial charge in [0, 0.05) is 31.5 Å². The van der Waals surface area contributed by atoms with Gasteiger partial charge >= 0.3 is 0 Å². The lowest BCUT2D eigenvalue weighted by Crippen LogP contribution is -2.35. The summed E-state index contributed by atoms with van der Waals surface area (Å²) < 4.78 is 2.19. The van der Waals surface area contributed by atoms with Gasteiger partial charge in [0.25, 0.3) is 0 Å². The van der Waals surface area contributed by atoms with Crippen molar-refractivity contribution in [1.82, 2.24) is 14.9 Å². The highest BCUT2D eigenvalue weighted by molar-refractivity contribution is 4.88. The van der Waals surface area contributed by atoms with E-state index < -0.39 is 0 Å². The lowest BCUT2D eigenvalue weighted by molar-refractivity contribution is 0.349. The van der Waals surface area contributed by atoms with Crippen LogP contribution in [0.1, 0.15) is 39.4 Å². The molecule has 0 bridgehead atoms. The fourth-order valence-corrected chi connectivity index (χ4v) is 2.22. The molecule has 1 heterocycles. The zero-order valence-corrected chi connectivity index (χ0v) is 11.0. The summed E-state index contributed by atoms with van der Waals surface area (Å²) >= 11 is 0. The number of aromatic nitrogens is 2. The molecule has 3 heteroatoms. The van der Waals surface area contributed by atoms with Gasteiger partial charge in [0.05, 0.1) is 0 Å². The molecule has 0 aliphatic carbocycles. The molecular weight excluding hydrogens is 198 g/mol. The Morgan fingerprint density at radius 3 is 2.56 bits per heavy atom. The molecule has 1 unspecified atom stereocenters. The molecule has 1 N–H and O–H groups in total. The number of rotatable bonds is 7. The Kier molecular flexibility index (Phi) is 5.53. The maximum Gasteiger partial charge on any atom is 0.105 e. The number of nitrogens with zero attached hydrogens (tertiary/aromatic N) is 2. The van der Waals surface area contributed by atoms with Crippen molar-refractivity contribution in [3.63, 3.8) is 0 Å². The largest absolute Gasteiger partial charge is 0.334 e. The lowest BCUT2D eigenvalue weighted by atomic mass is 9.95. The van der Waals surface area contributed by atoms with E-state index in [-0.39, 0.29) is 0 Å². The van der Waals surface area contributed by atoms with Gasteiger partial charge in [-0.3, -0.25) is 0 Å². The highest BCUT2D eigenvalue weighted by atomic mass is 15.1. The van der Waals surface area contributed by atoms with E-state index in [0.717, 1.165) is 24.8 Å². The van der Waals surface area contributed by atoms with Crippen LogP contribution in [0.15, 0.2) is 12.4 Å². The average molecular weight is 223 g/mol. The van der Waals surface area contributed by atoms with E-state index in [0.29, 0.717) is 6.04 Å². The molecule has 0 fully saturated rings. The molecule has 92 valence electrons. The summed E-state index contributed by atoms with van der Waals surface area (Å²) in [4.78, 5) is 4.22. The number of nitrogens with one attached hydrogen (secondary N) is 1. The van der Waals surface area contributed by atoms with Crippen molar-refractivity contribution >= 4 is 0 Å². The Morgan fingerprint density at radius 1 is 1.38 bits per heavy atom. The minimum Gasteiger partial charge on any atom is -0.334 e. The van der Waals surface area contributed by atoms with Crippen LogP contribution >= 0.6 is 0 Å². The van der Waals surface area contributed by atoms with E-state index in [1.54, 1.807) is 0 Å². The lowest BCUT2D eigenvalue weighted by Gasteiger charge is -2.22. The van der Waals surface area contributed by atoms with Crippen LogP contribution in [0.5, 0.6) is 0 Å². The van der Waals surface area contributed by atoms with Gasteiger partial charge in [-0.2, -0.15) is 0 Å². The second-order valence-corrected chi connectivity index (χ2v) is 4.49. The van der Waals surface area contributed by atoms with E-state index >= 15 is 0 Å². The Balaban J connectivity index is 2.27. The zero-order chi connectivity index (χ0) is 12.0. The predicted octanol–water partition coefficient (Wildman–Crippen LogP) is 2.61. The summed E-state index contributed by atoms with van der Waals surface area (Å²) in [5.74, 6) is 1.89. The van der Waals surface area contributed by atoms with Crippen molar-refractivity contribution < 1.29 is 0 Å². The third kappa shape index (κ3) is 3.63. The molecule has 0 aromatic carbocycles. The van der Waals surface area contributed by atoms with E-state index in [1.807, 2.05) is 19.3 Å². The summed E-state index contributed by atoms with van der Waals surface area (Å²) in [5, 5.41) is 3.60. The fraction of sp³-hybridized carbons (Fsp3) is 0.769. The molecule has 1 aromatic rings. The predicted molar refractivity (Wildman–Crippen MR) is 68.5 cm³/mol. The highest BCUT2D eigenvalue weighted by Gasteiger charge is 2.12. The Bertz CT molecular complexity index is 289. The van der Waals surface area contributed by atoms with Crippen LogP contribution in [0.3, 0.4) is 0 Å². The molecule has 1 atom stereocenters. The first-order valence-corrected chi connectivity index (χ1v) is 6.40. The Hall–Kier alpha value is -0.830. The quantitative estimate of drug-likeness (QED) is 0.770. The molecule has 0 spiro atoms. The molecule has 0 amide bonds. The summed E-state index contributed by atoms with van der Waals surface area (Å²) in [6.07, 6.45) is 6.42. The molecule has 0 aliphatic heterocycles. The number of hydrogen-bond acceptors (Lipinski definition) is 2. The van der Waals surface area contributed by atoms with Crippen LogP contribution in [0.25, 0.3) is 0 Å². The first-order chi connectivity index (χ1) is 7.69. The average Bonchev–Trinajstić information content (AvgIpc) is 2.66. The van der Waals surface area contributed by atoms with Gasteiger partial charge in [-0.05, 0) is 19.8 Å². The zero-order valence-electron chi connectivity index (χ0n) is 11.0. The van der Waals surface area contributed by atoms with Crippen molar-refractivity contribution in [3.05, 3.63) is 18.2 Å². The minimum atomic E-state index is 0.610. The van der Waals surface area contributed by atoms with Gasteiger partial charge in [-0.15, -0.1) is 0 Å². The van der Waals surface area contributed by atoms with Crippen molar-refractivity contribution in [2.24, 2.45) is 5.92 Å². The molecule has 3 nitrogen and oxygen atoms in total. The molecule has 0 saturated carbocycles. The summed E-state index contributed by atoms with van der Waals surface area (Å²) in [7, 11) is 0. The normalized spacial score (nSPS) is 13.3. The van der Waals surface area contributed by atoms with Gasteiger partial charge in [0.1, 0.15) is 5.82 Å². The van der Waals surface area contributed by atoms with Gasteiger partial charge in [0.15, 0.2) is 0 Å². The van der Waals surface area contributed by atoms with Crippen LogP contribution in [0.2, 0.25) is 0 Å². The number of imidazole rings is 1. The van der Waals surface area contributed by atoms with E-state index in [4.69, 9.17) is 0 Å². The van der Waals surface area contributed by atoms with Crippen molar-refractivity contribution in [1.29, 1.82) is 0 Å². The van der Waals surface area contributed by atoms with Crippen LogP contribution in [-0.4, -0.2) is 22.1 Å². The summed E-state index contributed by atoms with van der Waals surface area (Å²) in [6, 6.07) is 0.610. The number of hydrogen-bond donors (Lipinski definition) is 1. The van der Waals surface area contributed by atoms with E-state index in [1.165, 1.54) is 12.8 Å². The topological polar surface area (TPSA) is 29.9 Å². The van der Waals surface area contributed by atoms with Crippen molar-refractivity contribution in [2.75, 3.05) is 6.54 Å². The molecule has 16 heavy (non-hydrogen) atoms. The smallest absolute Gasteiger partial charge is 0.105 e. The third-order valence-electron chi connectivity index (χ3n) is 3.50. The molecule has 0 radical (unpaired) electrons. The highest BCUT2D eigenvalue weighted by Crippen LogP contribution is 2.12. The van der Waals surface area contributed by atoms with E-state index in [9.17, 15) is 0 Å². The second-order valence-electron chi connectivity index (χ2n) is 4.49. The van der Waals surface area contributed by atoms with Gasteiger partial charge in [-0.25, -0.2) is 4.98 Å². The van der Waals surface area contributed by atoms with Crippen LogP contribution in [0.4, 0.5) is 0 Å². The standard InChI is InChI=1S/C13H25N3/c1-5-13(6-2)11(3)14-7-9-16-10-8-15-12(16)4/h8,10-11,13-14H,5-7,9H2,1-4H3. The molecule has 1 rings (SSSR count). The molecule has 0 saturated heterocycles. The fourth-order valence-electron chi connectivity index (χ4n) is 2.22. The van der Waals surface area contributed by atoms with Crippen molar-refractivity contribution in [2.45, 2.75) is 53.1 Å². The van der Waals surface area contributed by atoms with Gasteiger partial charge < -0.3 is 9.88 Å². The van der Waals surface area contributed by atoms with E-state index in [2.05, 4.69) is 35.6 Å². The first-order valence-electron chi connectivity index (χ1n) is 6.40. The molecular formula is C13H25N3. The second kappa shape index (κ2) is 6.69. The summed E-state index contributed by atoms with van der Waals surface area (Å²) in [5.41, 5.74) is 0. The third-order valence-corrected chi connectivity index (χ3v) is 3.50. The SMILES string of the molecule is CCC(CC)C(C)NCCn1ccnc1C. The van der Waals surface area contributed by atoms with Gasteiger partial charge in [-0.1, -0.05) is 26.7 Å². The maximum absolute atomic E-state index is 4.22. The Morgan fingerprint density at radius 2 is 2.06 bits per heavy atom.